The van der Waals surface area contributed by atoms with Crippen molar-refractivity contribution in [2.24, 2.45) is 5.73 Å². The van der Waals surface area contributed by atoms with Crippen LogP contribution in [0.15, 0.2) is 48.5 Å². The third kappa shape index (κ3) is 3.14. The zero-order chi connectivity index (χ0) is 19.0. The molecule has 0 radical (unpaired) electrons. The average molecular weight is 363 g/mol. The monoisotopic (exact) mass is 363 g/mol. The number of amides is 2. The molecule has 6 heteroatoms. The highest BCUT2D eigenvalue weighted by Crippen LogP contribution is 2.34. The third-order valence-corrected chi connectivity index (χ3v) is 5.16. The molecule has 6 nitrogen and oxygen atoms in total. The highest BCUT2D eigenvalue weighted by molar-refractivity contribution is 5.92. The zero-order valence-electron chi connectivity index (χ0n) is 15.1. The summed E-state index contributed by atoms with van der Waals surface area (Å²) >= 11 is 0. The van der Waals surface area contributed by atoms with Crippen molar-refractivity contribution in [2.45, 2.75) is 19.4 Å². The van der Waals surface area contributed by atoms with Crippen LogP contribution < -0.4 is 10.5 Å². The molecular weight excluding hydrogens is 342 g/mol. The molecule has 0 bridgehead atoms. The number of aromatic nitrogens is 1. The molecule has 1 atom stereocenters. The predicted octanol–water partition coefficient (Wildman–Crippen LogP) is 2.79. The quantitative estimate of drug-likeness (QED) is 0.747. The molecule has 138 valence electrons. The summed E-state index contributed by atoms with van der Waals surface area (Å²) in [6.07, 6.45) is 0.822. The molecule has 4 rings (SSSR count). The lowest BCUT2D eigenvalue weighted by Crippen LogP contribution is -2.41. The van der Waals surface area contributed by atoms with Crippen molar-refractivity contribution in [1.29, 1.82) is 0 Å². The summed E-state index contributed by atoms with van der Waals surface area (Å²) in [5.74, 6) is -0.0241. The van der Waals surface area contributed by atoms with Crippen molar-refractivity contribution in [3.63, 3.8) is 0 Å². The van der Waals surface area contributed by atoms with Gasteiger partial charge in [0.15, 0.2) is 6.61 Å². The minimum atomic E-state index is -0.492. The fourth-order valence-electron chi connectivity index (χ4n) is 3.71. The predicted molar refractivity (Wildman–Crippen MR) is 103 cm³/mol. The van der Waals surface area contributed by atoms with E-state index in [2.05, 4.69) is 17.1 Å². The van der Waals surface area contributed by atoms with Crippen LogP contribution in [0.25, 0.3) is 10.9 Å². The molecule has 1 aromatic heterocycles. The van der Waals surface area contributed by atoms with Crippen LogP contribution >= 0.6 is 0 Å². The lowest BCUT2D eigenvalue weighted by molar-refractivity contribution is -0.136. The van der Waals surface area contributed by atoms with Gasteiger partial charge in [-0.3, -0.25) is 9.59 Å². The summed E-state index contributed by atoms with van der Waals surface area (Å²) in [5.41, 5.74) is 9.13. The van der Waals surface area contributed by atoms with Gasteiger partial charge in [0, 0.05) is 28.7 Å². The van der Waals surface area contributed by atoms with Crippen LogP contribution in [0.1, 0.15) is 34.6 Å². The Balaban J connectivity index is 1.45. The number of benzene rings is 2. The van der Waals surface area contributed by atoms with E-state index in [0.717, 1.165) is 17.6 Å². The van der Waals surface area contributed by atoms with E-state index in [1.165, 1.54) is 10.9 Å². The minimum Gasteiger partial charge on any atom is -0.484 e. The highest BCUT2D eigenvalue weighted by atomic mass is 16.5. The number of carbonyl (C=O) groups excluding carboxylic acids is 2. The SMILES string of the molecule is C[C@@H]1c2[nH]c3ccccc3c2CCN1C(=O)COc1ccc(C(N)=O)cc1. The molecule has 1 aliphatic heterocycles. The third-order valence-electron chi connectivity index (χ3n) is 5.16. The van der Waals surface area contributed by atoms with Gasteiger partial charge in [0.1, 0.15) is 5.75 Å². The Kier molecular flexibility index (Phi) is 4.32. The smallest absolute Gasteiger partial charge is 0.261 e. The van der Waals surface area contributed by atoms with E-state index >= 15 is 0 Å². The Labute approximate surface area is 156 Å². The van der Waals surface area contributed by atoms with Gasteiger partial charge in [0.05, 0.1) is 6.04 Å². The number of nitrogens with two attached hydrogens (primary N) is 1. The Bertz CT molecular complexity index is 1010. The van der Waals surface area contributed by atoms with Crippen LogP contribution in [0.5, 0.6) is 5.75 Å². The van der Waals surface area contributed by atoms with Crippen LogP contribution in [0.3, 0.4) is 0 Å². The first-order valence-corrected chi connectivity index (χ1v) is 8.96. The minimum absolute atomic E-state index is 0.0329. The molecule has 0 saturated carbocycles. The first-order chi connectivity index (χ1) is 13.0. The number of carbonyl (C=O) groups is 2. The fourth-order valence-corrected chi connectivity index (χ4v) is 3.71. The highest BCUT2D eigenvalue weighted by Gasteiger charge is 2.30. The first kappa shape index (κ1) is 17.1. The standard InChI is InChI=1S/C21H21N3O3/c1-13-20-17(16-4-2-3-5-18(16)23-20)10-11-24(13)19(25)12-27-15-8-6-14(7-9-15)21(22)26/h2-9,13,23H,10-12H2,1H3,(H2,22,26)/t13-/m1/s1. The Hall–Kier alpha value is -3.28. The summed E-state index contributed by atoms with van der Waals surface area (Å²) in [6, 6.07) is 14.6. The van der Waals surface area contributed by atoms with Crippen LogP contribution in [-0.4, -0.2) is 34.8 Å². The van der Waals surface area contributed by atoms with Crippen molar-refractivity contribution in [2.75, 3.05) is 13.2 Å². The molecule has 3 aromatic rings. The van der Waals surface area contributed by atoms with Crippen molar-refractivity contribution < 1.29 is 14.3 Å². The van der Waals surface area contributed by atoms with Gasteiger partial charge in [-0.1, -0.05) is 18.2 Å². The number of hydrogen-bond donors (Lipinski definition) is 2. The summed E-state index contributed by atoms with van der Waals surface area (Å²) < 4.78 is 5.60. The maximum atomic E-state index is 12.7. The normalized spacial score (nSPS) is 16.2. The Morgan fingerprint density at radius 3 is 2.67 bits per heavy atom. The molecule has 2 heterocycles. The van der Waals surface area contributed by atoms with E-state index in [1.54, 1.807) is 24.3 Å². The summed E-state index contributed by atoms with van der Waals surface area (Å²) in [6.45, 7) is 2.65. The summed E-state index contributed by atoms with van der Waals surface area (Å²) in [4.78, 5) is 29.1. The van der Waals surface area contributed by atoms with Crippen LogP contribution in [0.2, 0.25) is 0 Å². The molecule has 27 heavy (non-hydrogen) atoms. The molecule has 0 saturated heterocycles. The van der Waals surface area contributed by atoms with Crippen LogP contribution in [0, 0.1) is 0 Å². The zero-order valence-corrected chi connectivity index (χ0v) is 15.1. The number of fused-ring (bicyclic) bond motifs is 3. The van der Waals surface area contributed by atoms with Crippen molar-refractivity contribution in [3.05, 3.63) is 65.4 Å². The van der Waals surface area contributed by atoms with E-state index in [-0.39, 0.29) is 18.6 Å². The molecule has 0 aliphatic carbocycles. The lowest BCUT2D eigenvalue weighted by atomic mass is 9.98. The van der Waals surface area contributed by atoms with Gasteiger partial charge in [-0.05, 0) is 49.2 Å². The largest absolute Gasteiger partial charge is 0.484 e. The number of rotatable bonds is 4. The number of primary amides is 1. The molecule has 0 fully saturated rings. The molecule has 0 spiro atoms. The molecule has 2 amide bonds. The Morgan fingerprint density at radius 1 is 1.19 bits per heavy atom. The lowest BCUT2D eigenvalue weighted by Gasteiger charge is -2.33. The van der Waals surface area contributed by atoms with Crippen LogP contribution in [-0.2, 0) is 11.2 Å². The van der Waals surface area contributed by atoms with Gasteiger partial charge < -0.3 is 20.4 Å². The van der Waals surface area contributed by atoms with E-state index in [1.807, 2.05) is 24.0 Å². The number of para-hydroxylation sites is 1. The molecule has 2 aromatic carbocycles. The second kappa shape index (κ2) is 6.79. The number of ether oxygens (including phenoxy) is 1. The summed E-state index contributed by atoms with van der Waals surface area (Å²) in [5, 5.41) is 1.23. The number of H-pyrrole nitrogens is 1. The van der Waals surface area contributed by atoms with E-state index < -0.39 is 5.91 Å². The number of aromatic amines is 1. The number of nitrogens with zero attached hydrogens (tertiary/aromatic N) is 1. The number of hydrogen-bond acceptors (Lipinski definition) is 3. The molecule has 1 aliphatic rings. The van der Waals surface area contributed by atoms with Gasteiger partial charge >= 0.3 is 0 Å². The summed E-state index contributed by atoms with van der Waals surface area (Å²) in [7, 11) is 0. The topological polar surface area (TPSA) is 88.4 Å². The van der Waals surface area contributed by atoms with Crippen molar-refractivity contribution in [1.82, 2.24) is 9.88 Å². The van der Waals surface area contributed by atoms with Crippen molar-refractivity contribution >= 4 is 22.7 Å². The van der Waals surface area contributed by atoms with E-state index in [0.29, 0.717) is 17.9 Å². The maximum absolute atomic E-state index is 12.7. The maximum Gasteiger partial charge on any atom is 0.261 e. The number of nitrogens with one attached hydrogen (secondary N) is 1. The second-order valence-electron chi connectivity index (χ2n) is 6.75. The molecule has 3 N–H and O–H groups in total. The Morgan fingerprint density at radius 2 is 1.93 bits per heavy atom. The van der Waals surface area contributed by atoms with E-state index in [9.17, 15) is 9.59 Å². The second-order valence-corrected chi connectivity index (χ2v) is 6.75. The van der Waals surface area contributed by atoms with Gasteiger partial charge in [0.2, 0.25) is 5.91 Å². The average Bonchev–Trinajstić information content (AvgIpc) is 3.06. The first-order valence-electron chi connectivity index (χ1n) is 8.96. The van der Waals surface area contributed by atoms with Gasteiger partial charge in [-0.15, -0.1) is 0 Å². The van der Waals surface area contributed by atoms with Crippen molar-refractivity contribution in [3.8, 4) is 5.75 Å². The fraction of sp³-hybridized carbons (Fsp3) is 0.238. The van der Waals surface area contributed by atoms with Crippen LogP contribution in [0.4, 0.5) is 0 Å². The van der Waals surface area contributed by atoms with Gasteiger partial charge in [-0.25, -0.2) is 0 Å². The molecule has 0 unspecified atom stereocenters. The van der Waals surface area contributed by atoms with E-state index in [4.69, 9.17) is 10.5 Å². The van der Waals surface area contributed by atoms with Gasteiger partial charge in [-0.2, -0.15) is 0 Å². The molecular formula is C21H21N3O3. The van der Waals surface area contributed by atoms with Gasteiger partial charge in [0.25, 0.3) is 5.91 Å².